The summed E-state index contributed by atoms with van der Waals surface area (Å²) in [4.78, 5) is 27.0. The molecular formula is C13H15ClN2O3. The molecule has 0 spiro atoms. The van der Waals surface area contributed by atoms with Crippen molar-refractivity contribution in [1.82, 2.24) is 10.3 Å². The van der Waals surface area contributed by atoms with Gasteiger partial charge in [0.1, 0.15) is 5.69 Å². The lowest BCUT2D eigenvalue weighted by Crippen LogP contribution is -2.45. The quantitative estimate of drug-likeness (QED) is 0.890. The Labute approximate surface area is 116 Å². The van der Waals surface area contributed by atoms with Crippen LogP contribution in [0.4, 0.5) is 0 Å². The molecule has 1 aliphatic rings. The number of carboxylic acids is 1. The number of carbonyl (C=O) groups is 2. The number of halogens is 1. The average molecular weight is 283 g/mol. The normalized spacial score (nSPS) is 22.8. The van der Waals surface area contributed by atoms with Gasteiger partial charge in [-0.15, -0.1) is 0 Å². The molecule has 0 saturated heterocycles. The molecule has 0 aliphatic heterocycles. The van der Waals surface area contributed by atoms with E-state index in [-0.39, 0.29) is 17.6 Å². The number of carbonyl (C=O) groups excluding carboxylic acids is 1. The highest BCUT2D eigenvalue weighted by Gasteiger charge is 2.32. The zero-order valence-electron chi connectivity index (χ0n) is 10.3. The summed E-state index contributed by atoms with van der Waals surface area (Å²) in [7, 11) is 0. The van der Waals surface area contributed by atoms with Gasteiger partial charge in [0.15, 0.2) is 0 Å². The zero-order chi connectivity index (χ0) is 13.8. The Balaban J connectivity index is 2.04. The maximum atomic E-state index is 12.0. The molecule has 1 aliphatic carbocycles. The molecule has 0 radical (unpaired) electrons. The predicted octanol–water partition coefficient (Wildman–Crippen LogP) is 2.11. The van der Waals surface area contributed by atoms with E-state index < -0.39 is 11.9 Å². The average Bonchev–Trinajstić information content (AvgIpc) is 2.39. The van der Waals surface area contributed by atoms with E-state index in [4.69, 9.17) is 16.7 Å². The first-order valence-corrected chi connectivity index (χ1v) is 6.61. The maximum absolute atomic E-state index is 12.0. The van der Waals surface area contributed by atoms with E-state index in [0.717, 1.165) is 12.8 Å². The molecular weight excluding hydrogens is 268 g/mol. The minimum absolute atomic E-state index is 0.249. The smallest absolute Gasteiger partial charge is 0.308 e. The Bertz CT molecular complexity index is 475. The minimum atomic E-state index is -0.853. The van der Waals surface area contributed by atoms with E-state index in [1.165, 1.54) is 12.3 Å². The summed E-state index contributed by atoms with van der Waals surface area (Å²) < 4.78 is 0. The summed E-state index contributed by atoms with van der Waals surface area (Å²) in [5.41, 5.74) is 0.249. The van der Waals surface area contributed by atoms with Gasteiger partial charge in [0.2, 0.25) is 0 Å². The van der Waals surface area contributed by atoms with Crippen molar-refractivity contribution < 1.29 is 14.7 Å². The van der Waals surface area contributed by atoms with Gasteiger partial charge in [-0.2, -0.15) is 0 Å². The Kier molecular flexibility index (Phi) is 4.37. The molecule has 19 heavy (non-hydrogen) atoms. The molecule has 1 amide bonds. The van der Waals surface area contributed by atoms with Gasteiger partial charge in [-0.1, -0.05) is 24.4 Å². The number of hydrogen-bond acceptors (Lipinski definition) is 3. The monoisotopic (exact) mass is 282 g/mol. The molecule has 2 N–H and O–H groups in total. The number of carboxylic acid groups (broad SMARTS) is 1. The number of nitrogens with one attached hydrogen (secondary N) is 1. The van der Waals surface area contributed by atoms with Crippen LogP contribution < -0.4 is 5.32 Å². The van der Waals surface area contributed by atoms with Crippen LogP contribution in [0.25, 0.3) is 0 Å². The number of nitrogens with zero attached hydrogens (tertiary/aromatic N) is 1. The van der Waals surface area contributed by atoms with Gasteiger partial charge in [-0.25, -0.2) is 4.98 Å². The lowest BCUT2D eigenvalue weighted by molar-refractivity contribution is -0.143. The van der Waals surface area contributed by atoms with Crippen molar-refractivity contribution in [3.05, 3.63) is 29.0 Å². The van der Waals surface area contributed by atoms with E-state index >= 15 is 0 Å². The van der Waals surface area contributed by atoms with Gasteiger partial charge in [0, 0.05) is 12.2 Å². The van der Waals surface area contributed by atoms with E-state index in [2.05, 4.69) is 10.3 Å². The number of amides is 1. The number of rotatable bonds is 3. The van der Waals surface area contributed by atoms with Crippen molar-refractivity contribution in [1.29, 1.82) is 0 Å². The molecule has 0 aromatic carbocycles. The lowest BCUT2D eigenvalue weighted by atomic mass is 9.84. The van der Waals surface area contributed by atoms with Crippen LogP contribution in [0.15, 0.2) is 18.3 Å². The summed E-state index contributed by atoms with van der Waals surface area (Å²) in [5, 5.41) is 12.4. The molecule has 102 valence electrons. The van der Waals surface area contributed by atoms with Crippen molar-refractivity contribution in [2.45, 2.75) is 31.7 Å². The SMILES string of the molecule is O=C(NC1CCCCC1C(=O)O)c1ccc(Cl)cn1. The maximum Gasteiger partial charge on any atom is 0.308 e. The number of aromatic nitrogens is 1. The fourth-order valence-corrected chi connectivity index (χ4v) is 2.46. The predicted molar refractivity (Wildman–Crippen MR) is 70.1 cm³/mol. The minimum Gasteiger partial charge on any atom is -0.481 e. The Morgan fingerprint density at radius 3 is 2.68 bits per heavy atom. The molecule has 1 heterocycles. The Morgan fingerprint density at radius 1 is 1.32 bits per heavy atom. The highest BCUT2D eigenvalue weighted by molar-refractivity contribution is 6.30. The van der Waals surface area contributed by atoms with Gasteiger partial charge in [0.25, 0.3) is 5.91 Å². The standard InChI is InChI=1S/C13H15ClN2O3/c14-8-5-6-11(15-7-8)12(17)16-10-4-2-1-3-9(10)13(18)19/h5-7,9-10H,1-4H2,(H,16,17)(H,18,19). The fourth-order valence-electron chi connectivity index (χ4n) is 2.35. The zero-order valence-corrected chi connectivity index (χ0v) is 11.1. The summed E-state index contributed by atoms with van der Waals surface area (Å²) in [6.07, 6.45) is 4.52. The molecule has 2 rings (SSSR count). The molecule has 0 bridgehead atoms. The molecule has 5 nitrogen and oxygen atoms in total. The van der Waals surface area contributed by atoms with Crippen molar-refractivity contribution >= 4 is 23.5 Å². The largest absolute Gasteiger partial charge is 0.481 e. The van der Waals surface area contributed by atoms with Crippen LogP contribution in [-0.4, -0.2) is 28.0 Å². The number of aliphatic carboxylic acids is 1. The topological polar surface area (TPSA) is 79.3 Å². The summed E-state index contributed by atoms with van der Waals surface area (Å²) in [6.45, 7) is 0. The molecule has 2 atom stereocenters. The lowest BCUT2D eigenvalue weighted by Gasteiger charge is -2.29. The van der Waals surface area contributed by atoms with Gasteiger partial charge >= 0.3 is 5.97 Å². The van der Waals surface area contributed by atoms with Crippen molar-refractivity contribution in [2.24, 2.45) is 5.92 Å². The van der Waals surface area contributed by atoms with Gasteiger partial charge in [-0.05, 0) is 25.0 Å². The summed E-state index contributed by atoms with van der Waals surface area (Å²) in [6, 6.07) is 2.78. The van der Waals surface area contributed by atoms with Gasteiger partial charge < -0.3 is 10.4 Å². The first-order valence-electron chi connectivity index (χ1n) is 6.23. The molecule has 1 aromatic heterocycles. The molecule has 6 heteroatoms. The van der Waals surface area contributed by atoms with E-state index in [1.807, 2.05) is 0 Å². The van der Waals surface area contributed by atoms with Crippen molar-refractivity contribution in [3.8, 4) is 0 Å². The van der Waals surface area contributed by atoms with E-state index in [1.54, 1.807) is 6.07 Å². The molecule has 1 aromatic rings. The molecule has 1 fully saturated rings. The van der Waals surface area contributed by atoms with Crippen LogP contribution in [0, 0.1) is 5.92 Å². The number of pyridine rings is 1. The Morgan fingerprint density at radius 2 is 2.05 bits per heavy atom. The van der Waals surface area contributed by atoms with Crippen LogP contribution in [0.2, 0.25) is 5.02 Å². The third-order valence-corrected chi connectivity index (χ3v) is 3.58. The van der Waals surface area contributed by atoms with Crippen LogP contribution in [0.5, 0.6) is 0 Å². The summed E-state index contributed by atoms with van der Waals surface area (Å²) in [5.74, 6) is -1.71. The van der Waals surface area contributed by atoms with Gasteiger partial charge in [0.05, 0.1) is 10.9 Å². The highest BCUT2D eigenvalue weighted by Crippen LogP contribution is 2.24. The Hall–Kier alpha value is -1.62. The third-order valence-electron chi connectivity index (χ3n) is 3.36. The molecule has 2 unspecified atom stereocenters. The second-order valence-electron chi connectivity index (χ2n) is 4.67. The molecule has 1 saturated carbocycles. The first kappa shape index (κ1) is 13.8. The number of hydrogen-bond donors (Lipinski definition) is 2. The van der Waals surface area contributed by atoms with Crippen LogP contribution in [0.3, 0.4) is 0 Å². The first-order chi connectivity index (χ1) is 9.08. The van der Waals surface area contributed by atoms with Crippen LogP contribution in [0.1, 0.15) is 36.2 Å². The van der Waals surface area contributed by atoms with E-state index in [9.17, 15) is 9.59 Å². The van der Waals surface area contributed by atoms with Crippen LogP contribution in [-0.2, 0) is 4.79 Å². The van der Waals surface area contributed by atoms with Crippen molar-refractivity contribution in [2.75, 3.05) is 0 Å². The summed E-state index contributed by atoms with van der Waals surface area (Å²) >= 11 is 5.70. The highest BCUT2D eigenvalue weighted by atomic mass is 35.5. The van der Waals surface area contributed by atoms with Gasteiger partial charge in [-0.3, -0.25) is 9.59 Å². The second-order valence-corrected chi connectivity index (χ2v) is 5.11. The van der Waals surface area contributed by atoms with Crippen molar-refractivity contribution in [3.63, 3.8) is 0 Å². The third kappa shape index (κ3) is 3.44. The second kappa shape index (κ2) is 6.02. The van der Waals surface area contributed by atoms with Crippen LogP contribution >= 0.6 is 11.6 Å². The fraction of sp³-hybridized carbons (Fsp3) is 0.462. The van der Waals surface area contributed by atoms with E-state index in [0.29, 0.717) is 17.9 Å².